The molecule has 0 aliphatic rings. The van der Waals surface area contributed by atoms with E-state index in [-0.39, 0.29) is 14.2 Å². The Kier molecular flexibility index (Phi) is 10.3. The van der Waals surface area contributed by atoms with E-state index in [0.717, 1.165) is 0 Å². The second-order valence-electron chi connectivity index (χ2n) is 6.13. The molecule has 0 heterocycles. The van der Waals surface area contributed by atoms with E-state index in [1.54, 1.807) is 0 Å². The summed E-state index contributed by atoms with van der Waals surface area (Å²) in [6.45, 7) is -7.68. The van der Waals surface area contributed by atoms with E-state index in [9.17, 15) is 62.7 Å². The summed E-state index contributed by atoms with van der Waals surface area (Å²) in [7, 11) is 0.789. The summed E-state index contributed by atoms with van der Waals surface area (Å²) in [6.07, 6.45) is -12.4. The van der Waals surface area contributed by atoms with Crippen LogP contribution >= 0.6 is 0 Å². The molecule has 0 radical (unpaired) electrons. The third-order valence-corrected chi connectivity index (χ3v) is 3.48. The first-order valence-electron chi connectivity index (χ1n) is 8.32. The molecule has 0 aromatic rings. The van der Waals surface area contributed by atoms with Crippen molar-refractivity contribution in [2.45, 2.75) is 35.8 Å². The van der Waals surface area contributed by atoms with Gasteiger partial charge in [0.2, 0.25) is 0 Å². The molecule has 0 N–H and O–H groups in total. The van der Waals surface area contributed by atoms with Gasteiger partial charge in [0, 0.05) is 0 Å². The summed E-state index contributed by atoms with van der Waals surface area (Å²) < 4.78 is 170. The van der Waals surface area contributed by atoms with Gasteiger partial charge in [-0.1, -0.05) is 0 Å². The van der Waals surface area contributed by atoms with Crippen molar-refractivity contribution in [1.29, 1.82) is 0 Å². The predicted octanol–water partition coefficient (Wildman–Crippen LogP) is 2.31. The molecule has 0 amide bonds. The minimum Gasteiger partial charge on any atom is -0.465 e. The molecule has 0 fully saturated rings. The SMILES string of the molecule is COC(=O)C(F)(F)COCC(F)(COC(F)(F)C(F)(F)C(=O)OC)OC(F)(F)C(F)(F)C(=O)OC. The Bertz CT molecular complexity index is 775. The van der Waals surface area contributed by atoms with E-state index in [4.69, 9.17) is 0 Å². The Morgan fingerprint density at radius 3 is 1.37 bits per heavy atom. The number of alkyl halides is 11. The zero-order valence-corrected chi connectivity index (χ0v) is 17.5. The average molecular weight is 548 g/mol. The van der Waals surface area contributed by atoms with Crippen molar-refractivity contribution in [3.8, 4) is 0 Å². The highest BCUT2D eigenvalue weighted by molar-refractivity contribution is 5.79. The van der Waals surface area contributed by atoms with E-state index in [0.29, 0.717) is 7.11 Å². The quantitative estimate of drug-likeness (QED) is 0.184. The Hall–Kier alpha value is -2.48. The number of methoxy groups -OCH3 is 3. The fourth-order valence-electron chi connectivity index (χ4n) is 1.72. The summed E-state index contributed by atoms with van der Waals surface area (Å²) in [6, 6.07) is 0. The molecule has 20 heteroatoms. The maximum absolute atomic E-state index is 14.8. The summed E-state index contributed by atoms with van der Waals surface area (Å²) in [5, 5.41) is 0. The summed E-state index contributed by atoms with van der Waals surface area (Å²) in [4.78, 5) is 32.4. The number of halogens is 11. The summed E-state index contributed by atoms with van der Waals surface area (Å²) in [5.74, 6) is -29.9. The number of carbonyl (C=O) groups is 3. The van der Waals surface area contributed by atoms with Crippen LogP contribution in [0, 0.1) is 0 Å². The highest BCUT2D eigenvalue weighted by Crippen LogP contribution is 2.42. The lowest BCUT2D eigenvalue weighted by molar-refractivity contribution is -0.422. The maximum Gasteiger partial charge on any atom is 0.433 e. The fraction of sp³-hybridized carbons (Fsp3) is 0.800. The molecule has 0 aliphatic heterocycles. The molecule has 0 saturated heterocycles. The topological polar surface area (TPSA) is 107 Å². The second kappa shape index (κ2) is 11.1. The van der Waals surface area contributed by atoms with Crippen LogP contribution in [0.4, 0.5) is 48.3 Å². The van der Waals surface area contributed by atoms with Crippen molar-refractivity contribution in [2.24, 2.45) is 0 Å². The molecule has 0 spiro atoms. The minimum absolute atomic E-state index is 0.158. The van der Waals surface area contributed by atoms with Crippen LogP contribution in [0.25, 0.3) is 0 Å². The van der Waals surface area contributed by atoms with Gasteiger partial charge in [-0.25, -0.2) is 18.8 Å². The molecule has 0 bridgehead atoms. The number of hydrogen-bond acceptors (Lipinski definition) is 9. The highest BCUT2D eigenvalue weighted by Gasteiger charge is 2.69. The molecule has 0 aliphatic carbocycles. The van der Waals surface area contributed by atoms with Gasteiger partial charge in [0.15, 0.2) is 0 Å². The van der Waals surface area contributed by atoms with Crippen molar-refractivity contribution in [1.82, 2.24) is 0 Å². The predicted molar refractivity (Wildman–Crippen MR) is 82.5 cm³/mol. The minimum atomic E-state index is -6.33. The Morgan fingerprint density at radius 1 is 0.571 bits per heavy atom. The molecule has 35 heavy (non-hydrogen) atoms. The van der Waals surface area contributed by atoms with Crippen molar-refractivity contribution >= 4 is 17.9 Å². The third-order valence-electron chi connectivity index (χ3n) is 3.48. The van der Waals surface area contributed by atoms with Crippen LogP contribution < -0.4 is 0 Å². The van der Waals surface area contributed by atoms with Gasteiger partial charge in [-0.15, -0.1) is 0 Å². The average Bonchev–Trinajstić information content (AvgIpc) is 2.74. The lowest BCUT2D eigenvalue weighted by atomic mass is 10.2. The van der Waals surface area contributed by atoms with Crippen LogP contribution in [0.3, 0.4) is 0 Å². The monoisotopic (exact) mass is 548 g/mol. The lowest BCUT2D eigenvalue weighted by Gasteiger charge is -2.33. The van der Waals surface area contributed by atoms with Gasteiger partial charge in [0.05, 0.1) is 21.3 Å². The van der Waals surface area contributed by atoms with E-state index in [1.807, 2.05) is 0 Å². The van der Waals surface area contributed by atoms with Gasteiger partial charge in [-0.3, -0.25) is 4.74 Å². The maximum atomic E-state index is 14.8. The second-order valence-corrected chi connectivity index (χ2v) is 6.13. The van der Waals surface area contributed by atoms with E-state index in [1.165, 1.54) is 0 Å². The number of rotatable bonds is 14. The van der Waals surface area contributed by atoms with Gasteiger partial charge >= 0.3 is 47.9 Å². The summed E-state index contributed by atoms with van der Waals surface area (Å²) >= 11 is 0. The van der Waals surface area contributed by atoms with Crippen molar-refractivity contribution in [3.63, 3.8) is 0 Å². The zero-order chi connectivity index (χ0) is 28.1. The first-order valence-corrected chi connectivity index (χ1v) is 8.32. The van der Waals surface area contributed by atoms with Gasteiger partial charge < -0.3 is 23.7 Å². The Balaban J connectivity index is 5.99. The third kappa shape index (κ3) is 7.50. The van der Waals surface area contributed by atoms with Crippen molar-refractivity contribution < 1.29 is 91.1 Å². The van der Waals surface area contributed by atoms with Gasteiger partial charge in [-0.2, -0.15) is 43.9 Å². The van der Waals surface area contributed by atoms with Gasteiger partial charge in [0.1, 0.15) is 19.8 Å². The Labute approximate surface area is 187 Å². The van der Waals surface area contributed by atoms with Crippen molar-refractivity contribution in [2.75, 3.05) is 41.2 Å². The van der Waals surface area contributed by atoms with Gasteiger partial charge in [0.25, 0.3) is 5.85 Å². The van der Waals surface area contributed by atoms with Crippen LogP contribution in [0.15, 0.2) is 0 Å². The highest BCUT2D eigenvalue weighted by atomic mass is 19.3. The molecule has 1 atom stereocenters. The molecule has 0 aromatic heterocycles. The number of hydrogen-bond donors (Lipinski definition) is 0. The normalized spacial score (nSPS) is 15.3. The first kappa shape index (κ1) is 32.5. The molecule has 0 rings (SSSR count). The molecule has 9 nitrogen and oxygen atoms in total. The van der Waals surface area contributed by atoms with E-state index < -0.39 is 73.6 Å². The number of esters is 3. The summed E-state index contributed by atoms with van der Waals surface area (Å²) in [5.41, 5.74) is 0. The van der Waals surface area contributed by atoms with Crippen LogP contribution in [0.5, 0.6) is 0 Å². The van der Waals surface area contributed by atoms with Crippen LogP contribution in [-0.2, 0) is 42.8 Å². The van der Waals surface area contributed by atoms with Crippen LogP contribution in [-0.4, -0.2) is 94.9 Å². The smallest absolute Gasteiger partial charge is 0.433 e. The molecular weight excluding hydrogens is 533 g/mol. The Morgan fingerprint density at radius 2 is 0.971 bits per heavy atom. The van der Waals surface area contributed by atoms with Gasteiger partial charge in [-0.05, 0) is 0 Å². The largest absolute Gasteiger partial charge is 0.465 e. The molecule has 1 unspecified atom stereocenters. The molecule has 206 valence electrons. The van der Waals surface area contributed by atoms with E-state index in [2.05, 4.69) is 28.4 Å². The first-order chi connectivity index (χ1) is 15.6. The van der Waals surface area contributed by atoms with E-state index >= 15 is 0 Å². The zero-order valence-electron chi connectivity index (χ0n) is 17.5. The van der Waals surface area contributed by atoms with Crippen molar-refractivity contribution in [3.05, 3.63) is 0 Å². The number of carbonyl (C=O) groups excluding carboxylic acids is 3. The molecular formula is C15H15F11O9. The lowest BCUT2D eigenvalue weighted by Crippen LogP contribution is -2.57. The van der Waals surface area contributed by atoms with Crippen LogP contribution in [0.1, 0.15) is 0 Å². The molecule has 0 aromatic carbocycles. The standard InChI is InChI=1S/C15H15F11O9/c1-30-7(27)11(17,18)6-33-4-10(16,35-15(25,26)13(21,22)9(29)32-3)5-34-14(23,24)12(19,20)8(28)31-2/h4-6H2,1-3H3. The number of ether oxygens (including phenoxy) is 6. The fourth-order valence-corrected chi connectivity index (χ4v) is 1.72. The molecule has 0 saturated carbocycles. The van der Waals surface area contributed by atoms with Crippen LogP contribution in [0.2, 0.25) is 0 Å².